The van der Waals surface area contributed by atoms with Crippen LogP contribution in [-0.4, -0.2) is 82.3 Å². The molecule has 5 heterocycles. The Hall–Kier alpha value is -4.16. The van der Waals surface area contributed by atoms with Gasteiger partial charge in [0.25, 0.3) is 5.91 Å². The van der Waals surface area contributed by atoms with Crippen LogP contribution < -0.4 is 15.5 Å². The van der Waals surface area contributed by atoms with E-state index in [4.69, 9.17) is 4.74 Å². The number of piperazine rings is 1. The van der Waals surface area contributed by atoms with Crippen molar-refractivity contribution in [3.63, 3.8) is 0 Å². The van der Waals surface area contributed by atoms with Gasteiger partial charge in [0, 0.05) is 56.5 Å². The van der Waals surface area contributed by atoms with E-state index in [2.05, 4.69) is 37.4 Å². The molecule has 0 aliphatic carbocycles. The zero-order chi connectivity index (χ0) is 26.9. The average molecular weight is 535 g/mol. The fraction of sp³-hybridized carbons (Fsp3) is 0.333. The van der Waals surface area contributed by atoms with Gasteiger partial charge in [-0.25, -0.2) is 18.7 Å². The topological polar surface area (TPSA) is 100 Å². The highest BCUT2D eigenvalue weighted by Gasteiger charge is 2.26. The Labute approximate surface area is 223 Å². The summed E-state index contributed by atoms with van der Waals surface area (Å²) in [4.78, 5) is 29.9. The molecule has 0 bridgehead atoms. The molecular formula is C27H28F2N8O2. The SMILES string of the molecule is C[C@H]1CN(c2ccc(Nc3ncc4ccn(-c5cc(F)c(C(=O)N6CCOCC6)c(F)c5)c4n3)cn2)CCN1. The van der Waals surface area contributed by atoms with Gasteiger partial charge in [-0.2, -0.15) is 4.98 Å². The number of rotatable bonds is 5. The number of aromatic nitrogens is 4. The molecule has 10 nitrogen and oxygen atoms in total. The second-order valence-electron chi connectivity index (χ2n) is 9.68. The maximum absolute atomic E-state index is 15.1. The Morgan fingerprint density at radius 1 is 1.08 bits per heavy atom. The molecule has 2 aliphatic rings. The molecule has 2 aliphatic heterocycles. The van der Waals surface area contributed by atoms with Crippen LogP contribution in [0.25, 0.3) is 16.7 Å². The number of hydrogen-bond acceptors (Lipinski definition) is 8. The average Bonchev–Trinajstić information content (AvgIpc) is 3.37. The first-order valence-corrected chi connectivity index (χ1v) is 12.9. The fourth-order valence-electron chi connectivity index (χ4n) is 4.93. The first-order chi connectivity index (χ1) is 19.0. The van der Waals surface area contributed by atoms with Gasteiger partial charge in [-0.1, -0.05) is 0 Å². The molecule has 1 atom stereocenters. The summed E-state index contributed by atoms with van der Waals surface area (Å²) in [6.07, 6.45) is 5.02. The molecule has 6 rings (SSSR count). The Morgan fingerprint density at radius 2 is 1.87 bits per heavy atom. The Kier molecular flexibility index (Phi) is 6.79. The van der Waals surface area contributed by atoms with E-state index in [1.54, 1.807) is 29.2 Å². The highest BCUT2D eigenvalue weighted by molar-refractivity contribution is 5.95. The summed E-state index contributed by atoms with van der Waals surface area (Å²) in [5, 5.41) is 7.26. The quantitative estimate of drug-likeness (QED) is 0.403. The molecular weight excluding hydrogens is 506 g/mol. The second kappa shape index (κ2) is 10.5. The maximum Gasteiger partial charge on any atom is 0.259 e. The van der Waals surface area contributed by atoms with Gasteiger partial charge < -0.3 is 29.7 Å². The van der Waals surface area contributed by atoms with E-state index in [0.29, 0.717) is 55.0 Å². The second-order valence-corrected chi connectivity index (χ2v) is 9.68. The first-order valence-electron chi connectivity index (χ1n) is 12.9. The maximum atomic E-state index is 15.1. The van der Waals surface area contributed by atoms with Crippen molar-refractivity contribution in [3.8, 4) is 5.69 Å². The zero-order valence-corrected chi connectivity index (χ0v) is 21.4. The lowest BCUT2D eigenvalue weighted by Gasteiger charge is -2.32. The van der Waals surface area contributed by atoms with Gasteiger partial charge in [-0.15, -0.1) is 0 Å². The Bertz CT molecular complexity index is 1480. The van der Waals surface area contributed by atoms with Gasteiger partial charge in [0.05, 0.1) is 30.8 Å². The van der Waals surface area contributed by atoms with Crippen molar-refractivity contribution in [2.75, 3.05) is 56.2 Å². The lowest BCUT2D eigenvalue weighted by atomic mass is 10.1. The third-order valence-electron chi connectivity index (χ3n) is 6.94. The number of ether oxygens (including phenoxy) is 1. The lowest BCUT2D eigenvalue weighted by Crippen LogP contribution is -2.49. The molecule has 1 aromatic carbocycles. The molecule has 39 heavy (non-hydrogen) atoms. The largest absolute Gasteiger partial charge is 0.378 e. The van der Waals surface area contributed by atoms with E-state index in [-0.39, 0.29) is 5.69 Å². The van der Waals surface area contributed by atoms with Crippen molar-refractivity contribution in [2.45, 2.75) is 13.0 Å². The molecule has 0 saturated carbocycles. The molecule has 0 radical (unpaired) electrons. The number of hydrogen-bond donors (Lipinski definition) is 2. The summed E-state index contributed by atoms with van der Waals surface area (Å²) < 4.78 is 36.9. The summed E-state index contributed by atoms with van der Waals surface area (Å²) in [6, 6.07) is 8.31. The minimum absolute atomic E-state index is 0.208. The Balaban J connectivity index is 1.24. The van der Waals surface area contributed by atoms with Crippen molar-refractivity contribution < 1.29 is 18.3 Å². The highest BCUT2D eigenvalue weighted by atomic mass is 19.1. The number of morpholine rings is 1. The Morgan fingerprint density at radius 3 is 2.59 bits per heavy atom. The molecule has 4 aromatic rings. The zero-order valence-electron chi connectivity index (χ0n) is 21.4. The smallest absolute Gasteiger partial charge is 0.259 e. The molecule has 2 saturated heterocycles. The van der Waals surface area contributed by atoms with Crippen LogP contribution in [0.5, 0.6) is 0 Å². The molecule has 2 N–H and O–H groups in total. The molecule has 1 amide bonds. The van der Waals surface area contributed by atoms with Crippen LogP contribution in [0.2, 0.25) is 0 Å². The van der Waals surface area contributed by atoms with Crippen LogP contribution in [0.3, 0.4) is 0 Å². The molecule has 2 fully saturated rings. The number of nitrogens with one attached hydrogen (secondary N) is 2. The number of pyridine rings is 1. The minimum Gasteiger partial charge on any atom is -0.378 e. The normalized spacial score (nSPS) is 18.0. The third kappa shape index (κ3) is 5.12. The van der Waals surface area contributed by atoms with Crippen LogP contribution in [0.4, 0.5) is 26.2 Å². The van der Waals surface area contributed by atoms with Crippen LogP contribution in [0.1, 0.15) is 17.3 Å². The van der Waals surface area contributed by atoms with E-state index in [0.717, 1.165) is 37.6 Å². The predicted molar refractivity (Wildman–Crippen MR) is 143 cm³/mol. The lowest BCUT2D eigenvalue weighted by molar-refractivity contribution is 0.0296. The number of halogens is 2. The van der Waals surface area contributed by atoms with Gasteiger partial charge >= 0.3 is 0 Å². The van der Waals surface area contributed by atoms with Crippen molar-refractivity contribution in [3.05, 3.63) is 66.1 Å². The van der Waals surface area contributed by atoms with Gasteiger partial charge in [-0.05, 0) is 37.3 Å². The van der Waals surface area contributed by atoms with Crippen LogP contribution >= 0.6 is 0 Å². The van der Waals surface area contributed by atoms with Gasteiger partial charge in [0.2, 0.25) is 5.95 Å². The summed E-state index contributed by atoms with van der Waals surface area (Å²) >= 11 is 0. The van der Waals surface area contributed by atoms with Crippen LogP contribution in [-0.2, 0) is 4.74 Å². The minimum atomic E-state index is -0.930. The van der Waals surface area contributed by atoms with Crippen molar-refractivity contribution in [1.82, 2.24) is 29.7 Å². The number of carbonyl (C=O) groups is 1. The van der Waals surface area contributed by atoms with E-state index in [1.165, 1.54) is 4.90 Å². The molecule has 12 heteroatoms. The molecule has 0 spiro atoms. The number of amides is 1. The van der Waals surface area contributed by atoms with Crippen molar-refractivity contribution in [1.29, 1.82) is 0 Å². The fourth-order valence-corrected chi connectivity index (χ4v) is 4.93. The van der Waals surface area contributed by atoms with Crippen LogP contribution in [0, 0.1) is 11.6 Å². The van der Waals surface area contributed by atoms with E-state index >= 15 is 8.78 Å². The predicted octanol–water partition coefficient (Wildman–Crippen LogP) is 3.11. The molecule has 202 valence electrons. The number of fused-ring (bicyclic) bond motifs is 1. The summed E-state index contributed by atoms with van der Waals surface area (Å²) in [6.45, 7) is 6.11. The monoisotopic (exact) mass is 534 g/mol. The number of nitrogens with zero attached hydrogens (tertiary/aromatic N) is 6. The van der Waals surface area contributed by atoms with Gasteiger partial charge in [0.15, 0.2) is 0 Å². The molecule has 3 aromatic heterocycles. The first kappa shape index (κ1) is 25.1. The number of benzene rings is 1. The summed E-state index contributed by atoms with van der Waals surface area (Å²) in [7, 11) is 0. The standard InChI is InChI=1S/C27H28F2N8O2/c1-17-16-36(7-5-30-17)23-3-2-19(15-31-23)33-27-32-14-18-4-6-37(25(18)34-27)20-12-21(28)24(22(29)13-20)26(38)35-8-10-39-11-9-35/h2-4,6,12-15,17,30H,5,7-11,16H2,1H3,(H,32,33,34)/t17-/m0/s1. The van der Waals surface area contributed by atoms with Crippen molar-refractivity contribution >= 4 is 34.4 Å². The van der Waals surface area contributed by atoms with Gasteiger partial charge in [-0.3, -0.25) is 4.79 Å². The third-order valence-corrected chi connectivity index (χ3v) is 6.94. The molecule has 0 unspecified atom stereocenters. The number of carbonyl (C=O) groups excluding carboxylic acids is 1. The summed E-state index contributed by atoms with van der Waals surface area (Å²) in [5.41, 5.74) is 0.806. The van der Waals surface area contributed by atoms with Crippen molar-refractivity contribution in [2.24, 2.45) is 0 Å². The van der Waals surface area contributed by atoms with E-state index < -0.39 is 23.1 Å². The van der Waals surface area contributed by atoms with E-state index in [1.807, 2.05) is 12.1 Å². The number of anilines is 3. The summed E-state index contributed by atoms with van der Waals surface area (Å²) in [5.74, 6) is -1.33. The van der Waals surface area contributed by atoms with E-state index in [9.17, 15) is 4.79 Å². The highest BCUT2D eigenvalue weighted by Crippen LogP contribution is 2.25. The van der Waals surface area contributed by atoms with Crippen LogP contribution in [0.15, 0.2) is 48.9 Å². The van der Waals surface area contributed by atoms with Gasteiger partial charge in [0.1, 0.15) is 28.7 Å².